The lowest BCUT2D eigenvalue weighted by Gasteiger charge is -2.34. The first-order valence-electron chi connectivity index (χ1n) is 14.5. The normalized spacial score (nSPS) is 17.5. The van der Waals surface area contributed by atoms with Crippen LogP contribution in [0.15, 0.2) is 36.7 Å². The number of hydrogen-bond acceptors (Lipinski definition) is 12. The predicted molar refractivity (Wildman–Crippen MR) is 154 cm³/mol. The second-order valence-electron chi connectivity index (χ2n) is 10.1. The van der Waals surface area contributed by atoms with E-state index in [2.05, 4.69) is 30.6 Å². The number of esters is 1. The maximum Gasteiger partial charge on any atom is 0.329 e. The van der Waals surface area contributed by atoms with Crippen molar-refractivity contribution in [3.05, 3.63) is 36.7 Å². The van der Waals surface area contributed by atoms with Crippen LogP contribution in [0.1, 0.15) is 39.5 Å². The van der Waals surface area contributed by atoms with E-state index in [1.165, 1.54) is 4.80 Å². The summed E-state index contributed by atoms with van der Waals surface area (Å²) in [5, 5.41) is 15.2. The van der Waals surface area contributed by atoms with Gasteiger partial charge in [-0.2, -0.15) is 4.80 Å². The van der Waals surface area contributed by atoms with Gasteiger partial charge in [0, 0.05) is 25.6 Å². The molecule has 0 radical (unpaired) electrons. The molecule has 2 saturated heterocycles. The molecule has 0 aliphatic carbocycles. The zero-order valence-corrected chi connectivity index (χ0v) is 24.0. The van der Waals surface area contributed by atoms with Gasteiger partial charge in [0.1, 0.15) is 11.9 Å². The molecular formula is C28H37N9O5. The Balaban J connectivity index is 1.13. The van der Waals surface area contributed by atoms with Crippen molar-refractivity contribution in [2.75, 3.05) is 54.5 Å². The van der Waals surface area contributed by atoms with Crippen molar-refractivity contribution in [2.24, 2.45) is 5.92 Å². The van der Waals surface area contributed by atoms with E-state index in [-0.39, 0.29) is 24.5 Å². The van der Waals surface area contributed by atoms with Crippen molar-refractivity contribution < 1.29 is 23.8 Å². The van der Waals surface area contributed by atoms with E-state index in [9.17, 15) is 9.59 Å². The Labute approximate surface area is 244 Å². The van der Waals surface area contributed by atoms with Gasteiger partial charge in [0.05, 0.1) is 32.2 Å². The predicted octanol–water partition coefficient (Wildman–Crippen LogP) is 2.33. The molecule has 2 aliphatic rings. The number of anilines is 3. The van der Waals surface area contributed by atoms with Gasteiger partial charge >= 0.3 is 5.97 Å². The van der Waals surface area contributed by atoms with Crippen LogP contribution in [0.5, 0.6) is 11.5 Å². The summed E-state index contributed by atoms with van der Waals surface area (Å²) in [5.41, 5.74) is 0. The monoisotopic (exact) mass is 579 g/mol. The minimum Gasteiger partial charge on any atom is -0.490 e. The summed E-state index contributed by atoms with van der Waals surface area (Å²) in [7, 11) is 0. The zero-order valence-electron chi connectivity index (χ0n) is 24.0. The number of ether oxygens (including phenoxy) is 3. The SMILES string of the molecule is CCOC(=O)Cn1nnc(N2CCC(C(=O)Nc3cncc(N4CCC[C@@H](Oc5ccccc5OCC)C4)n3)CC2)n1. The van der Waals surface area contributed by atoms with Crippen LogP contribution in [0.25, 0.3) is 0 Å². The maximum absolute atomic E-state index is 13.1. The number of tetrazole rings is 1. The standard InChI is InChI=1S/C28H37N9O5/c1-3-40-22-9-5-6-10-23(22)42-21-8-7-13-36(18-21)25-17-29-16-24(30-25)31-27(39)20-11-14-35(15-12-20)28-32-34-37(33-28)19-26(38)41-4-2/h5-6,9-10,16-17,20-21H,3-4,7-8,11-15,18-19H2,1-2H3,(H,30,31,39)/t21-/m1/s1. The Kier molecular flexibility index (Phi) is 9.62. The van der Waals surface area contributed by atoms with Gasteiger partial charge in [-0.05, 0) is 56.9 Å². The first-order chi connectivity index (χ1) is 20.5. The molecule has 5 rings (SSSR count). The molecule has 0 bridgehead atoms. The number of hydrogen-bond donors (Lipinski definition) is 1. The van der Waals surface area contributed by atoms with Crippen molar-refractivity contribution >= 4 is 29.5 Å². The maximum atomic E-state index is 13.1. The molecule has 1 aromatic carbocycles. The summed E-state index contributed by atoms with van der Waals surface area (Å²) in [4.78, 5) is 39.1. The molecule has 2 fully saturated rings. The highest BCUT2D eigenvalue weighted by Gasteiger charge is 2.28. The van der Waals surface area contributed by atoms with Crippen molar-refractivity contribution in [1.29, 1.82) is 0 Å². The average molecular weight is 580 g/mol. The smallest absolute Gasteiger partial charge is 0.329 e. The molecule has 2 aromatic heterocycles. The van der Waals surface area contributed by atoms with Crippen molar-refractivity contribution in [3.63, 3.8) is 0 Å². The summed E-state index contributed by atoms with van der Waals surface area (Å²) in [5.74, 6) is 2.35. The van der Waals surface area contributed by atoms with Crippen LogP contribution >= 0.6 is 0 Å². The number of aromatic nitrogens is 6. The topological polar surface area (TPSA) is 150 Å². The Morgan fingerprint density at radius 3 is 2.60 bits per heavy atom. The van der Waals surface area contributed by atoms with E-state index in [1.54, 1.807) is 19.3 Å². The summed E-state index contributed by atoms with van der Waals surface area (Å²) in [6, 6.07) is 7.72. The quantitative estimate of drug-likeness (QED) is 0.332. The van der Waals surface area contributed by atoms with Gasteiger partial charge in [0.2, 0.25) is 5.91 Å². The fraction of sp³-hybridized carbons (Fsp3) is 0.536. The van der Waals surface area contributed by atoms with Gasteiger partial charge in [-0.3, -0.25) is 9.78 Å². The fourth-order valence-electron chi connectivity index (χ4n) is 5.13. The summed E-state index contributed by atoms with van der Waals surface area (Å²) < 4.78 is 16.9. The van der Waals surface area contributed by atoms with Gasteiger partial charge in [0.15, 0.2) is 23.9 Å². The third kappa shape index (κ3) is 7.42. The van der Waals surface area contributed by atoms with Crippen LogP contribution in [0.4, 0.5) is 17.6 Å². The number of para-hydroxylation sites is 2. The van der Waals surface area contributed by atoms with E-state index in [1.807, 2.05) is 36.1 Å². The van der Waals surface area contributed by atoms with E-state index >= 15 is 0 Å². The van der Waals surface area contributed by atoms with Crippen LogP contribution in [-0.4, -0.2) is 87.5 Å². The van der Waals surface area contributed by atoms with Gasteiger partial charge in [-0.25, -0.2) is 9.78 Å². The molecule has 1 amide bonds. The van der Waals surface area contributed by atoms with Crippen LogP contribution in [0.3, 0.4) is 0 Å². The van der Waals surface area contributed by atoms with Crippen molar-refractivity contribution in [3.8, 4) is 11.5 Å². The second-order valence-corrected chi connectivity index (χ2v) is 10.1. The van der Waals surface area contributed by atoms with E-state index in [0.29, 0.717) is 63.3 Å². The molecule has 224 valence electrons. The molecule has 1 atom stereocenters. The number of rotatable bonds is 11. The molecule has 0 saturated carbocycles. The number of benzene rings is 1. The number of carbonyl (C=O) groups is 2. The fourth-order valence-corrected chi connectivity index (χ4v) is 5.13. The van der Waals surface area contributed by atoms with Crippen molar-refractivity contribution in [1.82, 2.24) is 30.2 Å². The Morgan fingerprint density at radius 2 is 1.81 bits per heavy atom. The molecule has 0 unspecified atom stereocenters. The summed E-state index contributed by atoms with van der Waals surface area (Å²) in [6.07, 6.45) is 6.39. The minimum atomic E-state index is -0.416. The van der Waals surface area contributed by atoms with Crippen molar-refractivity contribution in [2.45, 2.75) is 52.2 Å². The molecule has 14 nitrogen and oxygen atoms in total. The highest BCUT2D eigenvalue weighted by molar-refractivity contribution is 5.91. The van der Waals surface area contributed by atoms with E-state index in [0.717, 1.165) is 30.9 Å². The molecular weight excluding hydrogens is 542 g/mol. The van der Waals surface area contributed by atoms with Gasteiger partial charge < -0.3 is 29.3 Å². The van der Waals surface area contributed by atoms with Gasteiger partial charge in [-0.1, -0.05) is 17.2 Å². The number of carbonyl (C=O) groups excluding carboxylic acids is 2. The van der Waals surface area contributed by atoms with Crippen LogP contribution < -0.4 is 24.6 Å². The number of nitrogens with zero attached hydrogens (tertiary/aromatic N) is 8. The molecule has 0 spiro atoms. The lowest BCUT2D eigenvalue weighted by Crippen LogP contribution is -2.42. The van der Waals surface area contributed by atoms with Gasteiger partial charge in [-0.15, -0.1) is 5.10 Å². The Morgan fingerprint density at radius 1 is 1.00 bits per heavy atom. The minimum absolute atomic E-state index is 0.0214. The van der Waals surface area contributed by atoms with Gasteiger partial charge in [0.25, 0.3) is 5.95 Å². The molecule has 4 heterocycles. The van der Waals surface area contributed by atoms with Crippen LogP contribution in [0.2, 0.25) is 0 Å². The summed E-state index contributed by atoms with van der Waals surface area (Å²) in [6.45, 7) is 7.15. The second kappa shape index (κ2) is 13.9. The third-order valence-corrected chi connectivity index (χ3v) is 7.18. The summed E-state index contributed by atoms with van der Waals surface area (Å²) >= 11 is 0. The first kappa shape index (κ1) is 29.0. The van der Waals surface area contributed by atoms with Crippen LogP contribution in [0, 0.1) is 5.92 Å². The average Bonchev–Trinajstić information content (AvgIpc) is 3.47. The van der Waals surface area contributed by atoms with E-state index in [4.69, 9.17) is 19.2 Å². The lowest BCUT2D eigenvalue weighted by atomic mass is 9.96. The molecule has 2 aliphatic heterocycles. The molecule has 14 heteroatoms. The highest BCUT2D eigenvalue weighted by Crippen LogP contribution is 2.30. The molecule has 3 aromatic rings. The first-order valence-corrected chi connectivity index (χ1v) is 14.5. The number of amides is 1. The Hall–Kier alpha value is -4.49. The zero-order chi connectivity index (χ0) is 29.3. The number of piperidine rings is 2. The third-order valence-electron chi connectivity index (χ3n) is 7.18. The molecule has 42 heavy (non-hydrogen) atoms. The largest absolute Gasteiger partial charge is 0.490 e. The molecule has 1 N–H and O–H groups in total. The highest BCUT2D eigenvalue weighted by atomic mass is 16.5. The lowest BCUT2D eigenvalue weighted by molar-refractivity contribution is -0.144. The Bertz CT molecular complexity index is 1340. The van der Waals surface area contributed by atoms with Crippen LogP contribution in [-0.2, 0) is 20.9 Å². The van der Waals surface area contributed by atoms with E-state index < -0.39 is 5.97 Å². The number of nitrogens with one attached hydrogen (secondary N) is 1.